The molecule has 2 heterocycles. The second-order valence-corrected chi connectivity index (χ2v) is 13.2. The first kappa shape index (κ1) is 27.4. The van der Waals surface area contributed by atoms with Crippen LogP contribution in [0.5, 0.6) is 0 Å². The average molecular weight is 511 g/mol. The minimum absolute atomic E-state index is 0.0219. The molecule has 10 nitrogen and oxygen atoms in total. The Balaban J connectivity index is 2.28. The summed E-state index contributed by atoms with van der Waals surface area (Å²) < 4.78 is 47.5. The molecule has 0 fully saturated rings. The number of pyridine rings is 2. The van der Waals surface area contributed by atoms with Crippen LogP contribution in [0.1, 0.15) is 46.2 Å². The van der Waals surface area contributed by atoms with Crippen molar-refractivity contribution in [1.29, 1.82) is 0 Å². The number of amides is 2. The second-order valence-electron chi connectivity index (χ2n) is 9.26. The predicted molar refractivity (Wildman–Crippen MR) is 129 cm³/mol. The first-order chi connectivity index (χ1) is 15.5. The Morgan fingerprint density at radius 3 is 2.12 bits per heavy atom. The number of hydrogen-bond donors (Lipinski definition) is 2. The molecular formula is C22H30N4O6S2. The molecule has 186 valence electrons. The fraction of sp³-hybridized carbons (Fsp3) is 0.455. The molecule has 0 aliphatic heterocycles. The van der Waals surface area contributed by atoms with Gasteiger partial charge >= 0.3 is 0 Å². The van der Waals surface area contributed by atoms with Crippen LogP contribution >= 0.6 is 0 Å². The third kappa shape index (κ3) is 7.87. The molecular weight excluding hydrogens is 480 g/mol. The van der Waals surface area contributed by atoms with Crippen LogP contribution in [0.4, 0.5) is 11.5 Å². The largest absolute Gasteiger partial charge is 0.325 e. The van der Waals surface area contributed by atoms with Crippen LogP contribution in [0.2, 0.25) is 0 Å². The van der Waals surface area contributed by atoms with Gasteiger partial charge < -0.3 is 10.6 Å². The monoisotopic (exact) mass is 510 g/mol. The van der Waals surface area contributed by atoms with Crippen molar-refractivity contribution in [2.75, 3.05) is 23.1 Å². The van der Waals surface area contributed by atoms with Gasteiger partial charge in [-0.25, -0.2) is 26.8 Å². The summed E-state index contributed by atoms with van der Waals surface area (Å²) in [6.45, 7) is 7.23. The highest BCUT2D eigenvalue weighted by Gasteiger charge is 2.28. The molecule has 12 heteroatoms. The van der Waals surface area contributed by atoms with E-state index in [9.17, 15) is 26.4 Å². The standard InChI is InChI=1S/C22H30N4O6S2/c1-14(2)9-19(27)26-18-11-16(33(5,29)30)10-17(25-18)22(3,4)12-20(28)24-15-7-8-21(23-13-15)34(6,31)32/h7-8,10-11,13-14H,9,12H2,1-6H3,(H,24,28)(H,25,26,27). The highest BCUT2D eigenvalue weighted by molar-refractivity contribution is 7.91. The van der Waals surface area contributed by atoms with E-state index in [4.69, 9.17) is 0 Å². The Morgan fingerprint density at radius 1 is 0.971 bits per heavy atom. The van der Waals surface area contributed by atoms with Crippen LogP contribution in [0.25, 0.3) is 0 Å². The zero-order valence-corrected chi connectivity index (χ0v) is 21.7. The fourth-order valence-corrected chi connectivity index (χ4v) is 4.28. The molecule has 2 aromatic heterocycles. The second kappa shape index (κ2) is 10.2. The van der Waals surface area contributed by atoms with Crippen LogP contribution in [0, 0.1) is 5.92 Å². The van der Waals surface area contributed by atoms with Crippen molar-refractivity contribution < 1.29 is 26.4 Å². The lowest BCUT2D eigenvalue weighted by atomic mass is 9.84. The number of nitrogens with one attached hydrogen (secondary N) is 2. The summed E-state index contributed by atoms with van der Waals surface area (Å²) >= 11 is 0. The lowest BCUT2D eigenvalue weighted by Gasteiger charge is -2.25. The van der Waals surface area contributed by atoms with Crippen LogP contribution < -0.4 is 10.6 Å². The van der Waals surface area contributed by atoms with Crippen molar-refractivity contribution in [1.82, 2.24) is 9.97 Å². The van der Waals surface area contributed by atoms with Gasteiger partial charge in [-0.05, 0) is 30.2 Å². The summed E-state index contributed by atoms with van der Waals surface area (Å²) in [5.74, 6) is -0.494. The van der Waals surface area contributed by atoms with Gasteiger partial charge in [-0.2, -0.15) is 0 Å². The Morgan fingerprint density at radius 2 is 1.62 bits per heavy atom. The molecule has 0 aliphatic carbocycles. The maximum atomic E-state index is 12.7. The molecule has 0 unspecified atom stereocenters. The molecule has 0 saturated carbocycles. The number of sulfone groups is 2. The normalized spacial score (nSPS) is 12.4. The van der Waals surface area contributed by atoms with Crippen molar-refractivity contribution >= 4 is 43.0 Å². The van der Waals surface area contributed by atoms with Gasteiger partial charge in [0.1, 0.15) is 5.82 Å². The zero-order valence-electron chi connectivity index (χ0n) is 20.0. The summed E-state index contributed by atoms with van der Waals surface area (Å²) in [5, 5.41) is 5.17. The molecule has 2 amide bonds. The van der Waals surface area contributed by atoms with Gasteiger partial charge in [0.25, 0.3) is 0 Å². The van der Waals surface area contributed by atoms with E-state index in [1.807, 2.05) is 13.8 Å². The molecule has 0 atom stereocenters. The average Bonchev–Trinajstić information content (AvgIpc) is 2.65. The Labute approximate surface area is 200 Å². The van der Waals surface area contributed by atoms with Gasteiger partial charge in [0, 0.05) is 30.8 Å². The third-order valence-corrected chi connectivity index (χ3v) is 6.88. The summed E-state index contributed by atoms with van der Waals surface area (Å²) in [6, 6.07) is 5.41. The van der Waals surface area contributed by atoms with Crippen LogP contribution in [-0.4, -0.2) is 51.1 Å². The summed E-state index contributed by atoms with van der Waals surface area (Å²) in [6.07, 6.45) is 3.51. The number of rotatable bonds is 9. The zero-order chi connectivity index (χ0) is 25.9. The number of carbonyl (C=O) groups is 2. The molecule has 2 rings (SSSR count). The highest BCUT2D eigenvalue weighted by atomic mass is 32.2. The van der Waals surface area contributed by atoms with Crippen molar-refractivity contribution in [3.05, 3.63) is 36.2 Å². The molecule has 34 heavy (non-hydrogen) atoms. The van der Waals surface area contributed by atoms with E-state index < -0.39 is 31.0 Å². The lowest BCUT2D eigenvalue weighted by Crippen LogP contribution is -2.28. The molecule has 0 saturated heterocycles. The fourth-order valence-electron chi connectivity index (χ4n) is 3.07. The number of nitrogens with zero attached hydrogens (tertiary/aromatic N) is 2. The lowest BCUT2D eigenvalue weighted by molar-refractivity contribution is -0.118. The molecule has 0 radical (unpaired) electrons. The van der Waals surface area contributed by atoms with Gasteiger partial charge in [-0.1, -0.05) is 27.7 Å². The maximum Gasteiger partial charge on any atom is 0.225 e. The minimum Gasteiger partial charge on any atom is -0.325 e. The van der Waals surface area contributed by atoms with E-state index in [1.54, 1.807) is 13.8 Å². The van der Waals surface area contributed by atoms with Crippen molar-refractivity contribution in [2.24, 2.45) is 5.92 Å². The Kier molecular flexibility index (Phi) is 8.20. The van der Waals surface area contributed by atoms with Crippen LogP contribution in [0.3, 0.4) is 0 Å². The van der Waals surface area contributed by atoms with Gasteiger partial charge in [0.15, 0.2) is 24.7 Å². The molecule has 2 N–H and O–H groups in total. The Hall–Kier alpha value is -2.86. The highest BCUT2D eigenvalue weighted by Crippen LogP contribution is 2.30. The van der Waals surface area contributed by atoms with E-state index in [0.29, 0.717) is 11.4 Å². The van der Waals surface area contributed by atoms with Crippen molar-refractivity contribution in [2.45, 2.75) is 55.9 Å². The Bertz CT molecular complexity index is 1290. The van der Waals surface area contributed by atoms with E-state index in [0.717, 1.165) is 12.5 Å². The number of anilines is 2. The summed E-state index contributed by atoms with van der Waals surface area (Å²) in [4.78, 5) is 33.1. The van der Waals surface area contributed by atoms with Crippen LogP contribution in [-0.2, 0) is 34.7 Å². The first-order valence-corrected chi connectivity index (χ1v) is 14.2. The minimum atomic E-state index is -3.61. The van der Waals surface area contributed by atoms with Crippen LogP contribution in [0.15, 0.2) is 40.4 Å². The first-order valence-electron chi connectivity index (χ1n) is 10.5. The van der Waals surface area contributed by atoms with E-state index >= 15 is 0 Å². The third-order valence-electron chi connectivity index (χ3n) is 4.78. The number of carbonyl (C=O) groups excluding carboxylic acids is 2. The smallest absolute Gasteiger partial charge is 0.225 e. The molecule has 2 aromatic rings. The van der Waals surface area contributed by atoms with Gasteiger partial charge in [-0.3, -0.25) is 9.59 Å². The van der Waals surface area contributed by atoms with E-state index in [1.165, 1.54) is 30.5 Å². The molecule has 0 aromatic carbocycles. The van der Waals surface area contributed by atoms with Gasteiger partial charge in [0.05, 0.1) is 22.5 Å². The quantitative estimate of drug-likeness (QED) is 0.522. The SMILES string of the molecule is CC(C)CC(=O)Nc1cc(S(C)(=O)=O)cc(C(C)(C)CC(=O)Nc2ccc(S(C)(=O)=O)nc2)n1. The topological polar surface area (TPSA) is 152 Å². The molecule has 0 bridgehead atoms. The molecule has 0 spiro atoms. The summed E-state index contributed by atoms with van der Waals surface area (Å²) in [7, 11) is -7.07. The molecule has 0 aliphatic rings. The van der Waals surface area contributed by atoms with Gasteiger partial charge in [0.2, 0.25) is 11.8 Å². The van der Waals surface area contributed by atoms with Crippen molar-refractivity contribution in [3.8, 4) is 0 Å². The van der Waals surface area contributed by atoms with E-state index in [-0.39, 0.29) is 40.4 Å². The predicted octanol–water partition coefficient (Wildman–Crippen LogP) is 2.57. The number of aromatic nitrogens is 2. The number of hydrogen-bond acceptors (Lipinski definition) is 8. The van der Waals surface area contributed by atoms with Gasteiger partial charge in [-0.15, -0.1) is 0 Å². The van der Waals surface area contributed by atoms with E-state index in [2.05, 4.69) is 20.6 Å². The maximum absolute atomic E-state index is 12.7. The summed E-state index contributed by atoms with van der Waals surface area (Å²) in [5.41, 5.74) is -0.272. The van der Waals surface area contributed by atoms with Crippen molar-refractivity contribution in [3.63, 3.8) is 0 Å².